The van der Waals surface area contributed by atoms with Crippen molar-refractivity contribution in [3.63, 3.8) is 0 Å². The molecule has 0 aromatic heterocycles. The van der Waals surface area contributed by atoms with Gasteiger partial charge in [0, 0.05) is 19.1 Å². The Kier molecular flexibility index (Phi) is 6.22. The lowest BCUT2D eigenvalue weighted by atomic mass is 10.1. The Bertz CT molecular complexity index is 827. The molecule has 3 rings (SSSR count). The van der Waals surface area contributed by atoms with Gasteiger partial charge >= 0.3 is 6.18 Å². The molecule has 2 aromatic rings. The van der Waals surface area contributed by atoms with Gasteiger partial charge in [-0.25, -0.2) is 0 Å². The smallest absolute Gasteiger partial charge is 0.416 e. The fraction of sp³-hybridized carbons (Fsp3) is 0.381. The van der Waals surface area contributed by atoms with Gasteiger partial charge in [-0.3, -0.25) is 4.90 Å². The van der Waals surface area contributed by atoms with Crippen LogP contribution in [-0.2, 0) is 12.7 Å². The Labute approximate surface area is 161 Å². The van der Waals surface area contributed by atoms with Crippen LogP contribution in [0.5, 0.6) is 5.75 Å². The topological polar surface area (TPSA) is 56.5 Å². The number of benzene rings is 2. The van der Waals surface area contributed by atoms with E-state index < -0.39 is 17.8 Å². The Morgan fingerprint density at radius 3 is 2.43 bits per heavy atom. The van der Waals surface area contributed by atoms with E-state index in [1.807, 2.05) is 11.0 Å². The first-order valence-corrected chi connectivity index (χ1v) is 9.07. The molecule has 0 saturated heterocycles. The maximum atomic E-state index is 13.2. The minimum Gasteiger partial charge on any atom is -0.491 e. The average Bonchev–Trinajstić information content (AvgIpc) is 3.51. The second-order valence-corrected chi connectivity index (χ2v) is 6.92. The van der Waals surface area contributed by atoms with Gasteiger partial charge < -0.3 is 9.84 Å². The van der Waals surface area contributed by atoms with Crippen LogP contribution in [0.3, 0.4) is 0 Å². The van der Waals surface area contributed by atoms with Gasteiger partial charge in [-0.15, -0.1) is 0 Å². The van der Waals surface area contributed by atoms with Gasteiger partial charge in [-0.05, 0) is 48.7 Å². The molecule has 0 aliphatic heterocycles. The number of hydrogen-bond donors (Lipinski definition) is 1. The molecule has 1 atom stereocenters. The molecule has 148 valence electrons. The summed E-state index contributed by atoms with van der Waals surface area (Å²) in [5.74, 6) is 0.526. The number of hydrogen-bond acceptors (Lipinski definition) is 4. The van der Waals surface area contributed by atoms with Crippen LogP contribution in [-0.4, -0.2) is 35.3 Å². The zero-order valence-corrected chi connectivity index (χ0v) is 15.2. The van der Waals surface area contributed by atoms with Crippen molar-refractivity contribution in [2.75, 3.05) is 13.2 Å². The van der Waals surface area contributed by atoms with Crippen molar-refractivity contribution in [1.29, 1.82) is 5.26 Å². The SMILES string of the molecule is N#Cc1ccc(OCC(O)CN(Cc2ccccc2C(F)(F)F)C2CC2)cc1. The van der Waals surface area contributed by atoms with Gasteiger partial charge in [0.2, 0.25) is 0 Å². The van der Waals surface area contributed by atoms with Crippen molar-refractivity contribution in [1.82, 2.24) is 4.90 Å². The highest BCUT2D eigenvalue weighted by Gasteiger charge is 2.35. The summed E-state index contributed by atoms with van der Waals surface area (Å²) in [5, 5.41) is 19.1. The summed E-state index contributed by atoms with van der Waals surface area (Å²) in [5.41, 5.74) is 0.0854. The summed E-state index contributed by atoms with van der Waals surface area (Å²) in [6, 6.07) is 14.3. The average molecular weight is 390 g/mol. The molecule has 0 spiro atoms. The molecule has 0 heterocycles. The Morgan fingerprint density at radius 2 is 1.82 bits per heavy atom. The molecule has 1 aliphatic carbocycles. The van der Waals surface area contributed by atoms with E-state index in [0.717, 1.165) is 18.9 Å². The first-order valence-electron chi connectivity index (χ1n) is 9.07. The monoisotopic (exact) mass is 390 g/mol. The minimum absolute atomic E-state index is 0.0238. The summed E-state index contributed by atoms with van der Waals surface area (Å²) in [7, 11) is 0. The predicted molar refractivity (Wildman–Crippen MR) is 97.5 cm³/mol. The van der Waals surface area contributed by atoms with Gasteiger partial charge in [0.15, 0.2) is 0 Å². The third-order valence-electron chi connectivity index (χ3n) is 4.63. The van der Waals surface area contributed by atoms with E-state index in [-0.39, 0.29) is 31.3 Å². The third-order valence-corrected chi connectivity index (χ3v) is 4.63. The van der Waals surface area contributed by atoms with Crippen LogP contribution < -0.4 is 4.74 Å². The number of alkyl halides is 3. The first-order chi connectivity index (χ1) is 13.4. The number of halogens is 3. The molecule has 1 unspecified atom stereocenters. The second-order valence-electron chi connectivity index (χ2n) is 6.92. The van der Waals surface area contributed by atoms with Crippen molar-refractivity contribution in [2.24, 2.45) is 0 Å². The lowest BCUT2D eigenvalue weighted by Crippen LogP contribution is -2.37. The van der Waals surface area contributed by atoms with Crippen LogP contribution in [0.4, 0.5) is 13.2 Å². The number of rotatable bonds is 8. The Hall–Kier alpha value is -2.56. The maximum absolute atomic E-state index is 13.2. The zero-order chi connectivity index (χ0) is 20.1. The van der Waals surface area contributed by atoms with Crippen molar-refractivity contribution in [2.45, 2.75) is 37.7 Å². The van der Waals surface area contributed by atoms with E-state index in [1.165, 1.54) is 12.1 Å². The number of ether oxygens (including phenoxy) is 1. The second kappa shape index (κ2) is 8.63. The molecule has 1 aliphatic rings. The lowest BCUT2D eigenvalue weighted by Gasteiger charge is -2.26. The van der Waals surface area contributed by atoms with Crippen molar-refractivity contribution in [3.05, 3.63) is 65.2 Å². The summed E-state index contributed by atoms with van der Waals surface area (Å²) < 4.78 is 45.2. The van der Waals surface area contributed by atoms with Crippen LogP contribution in [0, 0.1) is 11.3 Å². The Morgan fingerprint density at radius 1 is 1.14 bits per heavy atom. The van der Waals surface area contributed by atoms with Gasteiger partial charge in [0.25, 0.3) is 0 Å². The van der Waals surface area contributed by atoms with Crippen LogP contribution in [0.1, 0.15) is 29.5 Å². The van der Waals surface area contributed by atoms with E-state index in [2.05, 4.69) is 0 Å². The van der Waals surface area contributed by atoms with E-state index >= 15 is 0 Å². The highest BCUT2D eigenvalue weighted by atomic mass is 19.4. The van der Waals surface area contributed by atoms with Crippen molar-refractivity contribution in [3.8, 4) is 11.8 Å². The summed E-state index contributed by atoms with van der Waals surface area (Å²) in [4.78, 5) is 1.89. The first kappa shape index (κ1) is 20.2. The molecule has 0 radical (unpaired) electrons. The molecule has 2 aromatic carbocycles. The third kappa shape index (κ3) is 5.47. The summed E-state index contributed by atoms with van der Waals surface area (Å²) in [6.45, 7) is 0.386. The van der Waals surface area contributed by atoms with Gasteiger partial charge in [0.1, 0.15) is 18.5 Å². The quantitative estimate of drug-likeness (QED) is 0.741. The zero-order valence-electron chi connectivity index (χ0n) is 15.2. The maximum Gasteiger partial charge on any atom is 0.416 e. The van der Waals surface area contributed by atoms with E-state index in [4.69, 9.17) is 10.00 Å². The molecular formula is C21H21F3N2O2. The van der Waals surface area contributed by atoms with E-state index in [0.29, 0.717) is 11.3 Å². The molecule has 7 heteroatoms. The fourth-order valence-corrected chi connectivity index (χ4v) is 3.08. The lowest BCUT2D eigenvalue weighted by molar-refractivity contribution is -0.138. The standard InChI is InChI=1S/C21H21F3N2O2/c22-21(23,24)20-4-2-1-3-16(20)12-26(17-7-8-17)13-18(27)14-28-19-9-5-15(11-25)6-10-19/h1-6,9-10,17-18,27H,7-8,12-14H2. The largest absolute Gasteiger partial charge is 0.491 e. The van der Waals surface area contributed by atoms with Crippen molar-refractivity contribution < 1.29 is 23.0 Å². The fourth-order valence-electron chi connectivity index (χ4n) is 3.08. The number of nitriles is 1. The van der Waals surface area contributed by atoms with Gasteiger partial charge in [0.05, 0.1) is 17.2 Å². The van der Waals surface area contributed by atoms with Gasteiger partial charge in [-0.1, -0.05) is 18.2 Å². The van der Waals surface area contributed by atoms with Crippen LogP contribution in [0.2, 0.25) is 0 Å². The van der Waals surface area contributed by atoms with Crippen LogP contribution >= 0.6 is 0 Å². The summed E-state index contributed by atoms with van der Waals surface area (Å²) in [6.07, 6.45) is -3.41. The number of aliphatic hydroxyl groups is 1. The molecule has 28 heavy (non-hydrogen) atoms. The van der Waals surface area contributed by atoms with Crippen LogP contribution in [0.25, 0.3) is 0 Å². The molecule has 0 bridgehead atoms. The normalized spacial score (nSPS) is 15.3. The van der Waals surface area contributed by atoms with E-state index in [1.54, 1.807) is 30.3 Å². The molecule has 4 nitrogen and oxygen atoms in total. The molecule has 1 fully saturated rings. The highest BCUT2D eigenvalue weighted by Crippen LogP contribution is 2.34. The van der Waals surface area contributed by atoms with E-state index in [9.17, 15) is 18.3 Å². The molecule has 1 N–H and O–H groups in total. The van der Waals surface area contributed by atoms with Crippen molar-refractivity contribution >= 4 is 0 Å². The van der Waals surface area contributed by atoms with Gasteiger partial charge in [-0.2, -0.15) is 18.4 Å². The van der Waals surface area contributed by atoms with Crippen LogP contribution in [0.15, 0.2) is 48.5 Å². The number of aliphatic hydroxyl groups excluding tert-OH is 1. The molecular weight excluding hydrogens is 369 g/mol. The minimum atomic E-state index is -4.40. The molecule has 1 saturated carbocycles. The molecule has 0 amide bonds. The number of nitrogens with zero attached hydrogens (tertiary/aromatic N) is 2. The summed E-state index contributed by atoms with van der Waals surface area (Å²) >= 11 is 0. The predicted octanol–water partition coefficient (Wildman–Crippen LogP) is 3.98. The highest BCUT2D eigenvalue weighted by molar-refractivity contribution is 5.34. The Balaban J connectivity index is 1.60.